The van der Waals surface area contributed by atoms with E-state index in [1.54, 1.807) is 6.07 Å². The molecule has 0 unspecified atom stereocenters. The van der Waals surface area contributed by atoms with Crippen LogP contribution in [-0.4, -0.2) is 35.6 Å². The van der Waals surface area contributed by atoms with Gasteiger partial charge < -0.3 is 9.84 Å². The van der Waals surface area contributed by atoms with Gasteiger partial charge in [-0.15, -0.1) is 0 Å². The van der Waals surface area contributed by atoms with Gasteiger partial charge in [0, 0.05) is 6.07 Å². The van der Waals surface area contributed by atoms with E-state index in [4.69, 9.17) is 4.52 Å². The van der Waals surface area contributed by atoms with Crippen molar-refractivity contribution >= 4 is 11.7 Å². The molecule has 5 heteroatoms. The van der Waals surface area contributed by atoms with Gasteiger partial charge in [0.25, 0.3) is 0 Å². The zero-order chi connectivity index (χ0) is 16.8. The van der Waals surface area contributed by atoms with E-state index in [2.05, 4.69) is 45.7 Å². The van der Waals surface area contributed by atoms with Crippen LogP contribution >= 0.6 is 0 Å². The van der Waals surface area contributed by atoms with E-state index < -0.39 is 0 Å². The third kappa shape index (κ3) is 4.93. The maximum absolute atomic E-state index is 12.0. The Labute approximate surface area is 143 Å². The number of aromatic nitrogens is 1. The van der Waals surface area contributed by atoms with Crippen LogP contribution in [0.25, 0.3) is 0 Å². The molecule has 1 aliphatic rings. The lowest BCUT2D eigenvalue weighted by molar-refractivity contribution is -0.117. The van der Waals surface area contributed by atoms with Crippen LogP contribution in [0.1, 0.15) is 30.6 Å². The molecule has 1 fully saturated rings. The summed E-state index contributed by atoms with van der Waals surface area (Å²) in [4.78, 5) is 14.3. The lowest BCUT2D eigenvalue weighted by Gasteiger charge is -2.31. The van der Waals surface area contributed by atoms with Crippen LogP contribution in [0.2, 0.25) is 0 Å². The van der Waals surface area contributed by atoms with Crippen molar-refractivity contribution < 1.29 is 9.32 Å². The number of nitrogens with one attached hydrogen (secondary N) is 1. The minimum atomic E-state index is -0.0222. The molecule has 2 aromatic rings. The van der Waals surface area contributed by atoms with Gasteiger partial charge in [0.2, 0.25) is 5.91 Å². The van der Waals surface area contributed by atoms with E-state index >= 15 is 0 Å². The van der Waals surface area contributed by atoms with E-state index in [1.807, 2.05) is 6.92 Å². The fraction of sp³-hybridized carbons (Fsp3) is 0.474. The highest BCUT2D eigenvalue weighted by Crippen LogP contribution is 2.22. The van der Waals surface area contributed by atoms with Crippen molar-refractivity contribution in [3.63, 3.8) is 0 Å². The monoisotopic (exact) mass is 327 g/mol. The molecule has 1 saturated heterocycles. The minimum Gasteiger partial charge on any atom is -0.360 e. The number of hydrogen-bond donors (Lipinski definition) is 1. The largest absolute Gasteiger partial charge is 0.360 e. The van der Waals surface area contributed by atoms with Gasteiger partial charge in [0.05, 0.1) is 6.54 Å². The minimum absolute atomic E-state index is 0.0222. The summed E-state index contributed by atoms with van der Waals surface area (Å²) in [6.07, 6.45) is 4.73. The first-order valence-electron chi connectivity index (χ1n) is 8.68. The number of piperidine rings is 1. The first kappa shape index (κ1) is 16.7. The van der Waals surface area contributed by atoms with Gasteiger partial charge in [-0.25, -0.2) is 0 Å². The summed E-state index contributed by atoms with van der Waals surface area (Å²) in [5.74, 6) is 1.94. The molecule has 128 valence electrons. The van der Waals surface area contributed by atoms with Crippen molar-refractivity contribution in [1.82, 2.24) is 10.1 Å². The Hall–Kier alpha value is -2.14. The summed E-state index contributed by atoms with van der Waals surface area (Å²) in [5.41, 5.74) is 1.42. The van der Waals surface area contributed by atoms with E-state index in [-0.39, 0.29) is 5.91 Å². The van der Waals surface area contributed by atoms with Gasteiger partial charge in [-0.05, 0) is 57.2 Å². The molecule has 1 aliphatic heterocycles. The smallest absolute Gasteiger partial charge is 0.239 e. The first-order chi connectivity index (χ1) is 11.7. The molecule has 0 aliphatic carbocycles. The topological polar surface area (TPSA) is 58.4 Å². The van der Waals surface area contributed by atoms with Crippen molar-refractivity contribution in [2.75, 3.05) is 25.0 Å². The molecule has 1 aromatic carbocycles. The third-order valence-corrected chi connectivity index (χ3v) is 4.65. The number of nitrogens with zero attached hydrogens (tertiary/aromatic N) is 2. The van der Waals surface area contributed by atoms with Crippen molar-refractivity contribution in [2.24, 2.45) is 5.92 Å². The maximum Gasteiger partial charge on any atom is 0.239 e. The van der Waals surface area contributed by atoms with E-state index in [0.717, 1.165) is 25.4 Å². The van der Waals surface area contributed by atoms with Crippen molar-refractivity contribution in [2.45, 2.75) is 32.6 Å². The number of rotatable bonds is 6. The molecule has 0 saturated carbocycles. The highest BCUT2D eigenvalue weighted by molar-refractivity contribution is 5.91. The summed E-state index contributed by atoms with van der Waals surface area (Å²) < 4.78 is 4.95. The lowest BCUT2D eigenvalue weighted by atomic mass is 9.90. The quantitative estimate of drug-likeness (QED) is 0.885. The summed E-state index contributed by atoms with van der Waals surface area (Å²) in [6.45, 7) is 4.22. The molecule has 0 bridgehead atoms. The van der Waals surface area contributed by atoms with E-state index in [1.165, 1.54) is 24.8 Å². The van der Waals surface area contributed by atoms with E-state index in [0.29, 0.717) is 18.1 Å². The molecule has 0 atom stereocenters. The Morgan fingerprint density at radius 3 is 2.71 bits per heavy atom. The normalized spacial score (nSPS) is 16.2. The molecule has 2 heterocycles. The number of carbonyl (C=O) groups excluding carboxylic acids is 1. The predicted octanol–water partition coefficient (Wildman–Crippen LogP) is 3.27. The molecular weight excluding hydrogens is 302 g/mol. The maximum atomic E-state index is 12.0. The van der Waals surface area contributed by atoms with Crippen LogP contribution < -0.4 is 5.32 Å². The highest BCUT2D eigenvalue weighted by atomic mass is 16.5. The van der Waals surface area contributed by atoms with Crippen LogP contribution in [0.4, 0.5) is 5.82 Å². The number of amides is 1. The third-order valence-electron chi connectivity index (χ3n) is 4.65. The van der Waals surface area contributed by atoms with Crippen LogP contribution in [-0.2, 0) is 11.2 Å². The van der Waals surface area contributed by atoms with E-state index in [9.17, 15) is 4.79 Å². The lowest BCUT2D eigenvalue weighted by Crippen LogP contribution is -2.39. The van der Waals surface area contributed by atoms with Crippen molar-refractivity contribution in [3.8, 4) is 0 Å². The summed E-state index contributed by atoms with van der Waals surface area (Å²) in [6, 6.07) is 12.4. The number of carbonyl (C=O) groups is 1. The van der Waals surface area contributed by atoms with Gasteiger partial charge in [-0.3, -0.25) is 9.69 Å². The molecule has 5 nitrogen and oxygen atoms in total. The number of anilines is 1. The average molecular weight is 327 g/mol. The second-order valence-electron chi connectivity index (χ2n) is 6.61. The van der Waals surface area contributed by atoms with Crippen molar-refractivity contribution in [1.29, 1.82) is 0 Å². The van der Waals surface area contributed by atoms with Gasteiger partial charge >= 0.3 is 0 Å². The fourth-order valence-corrected chi connectivity index (χ4v) is 3.26. The summed E-state index contributed by atoms with van der Waals surface area (Å²) >= 11 is 0. The van der Waals surface area contributed by atoms with Gasteiger partial charge in [0.15, 0.2) is 5.82 Å². The Kier molecular flexibility index (Phi) is 5.64. The molecule has 1 N–H and O–H groups in total. The number of aryl methyl sites for hydroxylation is 2. The Balaban J connectivity index is 1.36. The second-order valence-corrected chi connectivity index (χ2v) is 6.61. The summed E-state index contributed by atoms with van der Waals surface area (Å²) in [5, 5.41) is 6.57. The average Bonchev–Trinajstić information content (AvgIpc) is 3.00. The standard InChI is InChI=1S/C19H25N3O2/c1-15-13-18(21-24-15)20-19(23)14-22-11-9-17(10-12-22)8-7-16-5-3-2-4-6-16/h2-6,13,17H,7-12,14H2,1H3,(H,20,21,23). The van der Waals surface area contributed by atoms with Gasteiger partial charge in [-0.2, -0.15) is 0 Å². The highest BCUT2D eigenvalue weighted by Gasteiger charge is 2.21. The fourth-order valence-electron chi connectivity index (χ4n) is 3.26. The Morgan fingerprint density at radius 2 is 2.04 bits per heavy atom. The SMILES string of the molecule is Cc1cc(NC(=O)CN2CCC(CCc3ccccc3)CC2)no1. The number of likely N-dealkylation sites (tertiary alicyclic amines) is 1. The zero-order valence-corrected chi connectivity index (χ0v) is 14.2. The summed E-state index contributed by atoms with van der Waals surface area (Å²) in [7, 11) is 0. The Bertz CT molecular complexity index is 646. The number of benzene rings is 1. The molecule has 1 amide bonds. The first-order valence-corrected chi connectivity index (χ1v) is 8.68. The number of hydrogen-bond acceptors (Lipinski definition) is 4. The molecule has 0 spiro atoms. The second kappa shape index (κ2) is 8.11. The van der Waals surface area contributed by atoms with Crippen LogP contribution in [0.5, 0.6) is 0 Å². The molecule has 24 heavy (non-hydrogen) atoms. The Morgan fingerprint density at radius 1 is 1.29 bits per heavy atom. The molecule has 0 radical (unpaired) electrons. The predicted molar refractivity (Wildman–Crippen MR) is 93.8 cm³/mol. The van der Waals surface area contributed by atoms with Crippen molar-refractivity contribution in [3.05, 3.63) is 47.7 Å². The van der Waals surface area contributed by atoms with Gasteiger partial charge in [0.1, 0.15) is 5.76 Å². The van der Waals surface area contributed by atoms with Crippen LogP contribution in [0.15, 0.2) is 40.9 Å². The zero-order valence-electron chi connectivity index (χ0n) is 14.2. The van der Waals surface area contributed by atoms with Gasteiger partial charge in [-0.1, -0.05) is 35.5 Å². The molecule has 1 aromatic heterocycles. The van der Waals surface area contributed by atoms with Crippen LogP contribution in [0.3, 0.4) is 0 Å². The van der Waals surface area contributed by atoms with Crippen LogP contribution in [0, 0.1) is 12.8 Å². The molecule has 3 rings (SSSR count). The molecular formula is C19H25N3O2.